The van der Waals surface area contributed by atoms with Crippen molar-refractivity contribution in [3.8, 4) is 0 Å². The molecule has 1 fully saturated rings. The van der Waals surface area contributed by atoms with E-state index in [1.165, 1.54) is 0 Å². The number of carbonyl (C=O) groups excluding carboxylic acids is 1. The van der Waals surface area contributed by atoms with Crippen LogP contribution < -0.4 is 10.6 Å². The molecule has 0 unspecified atom stereocenters. The molecule has 0 atom stereocenters. The van der Waals surface area contributed by atoms with Crippen molar-refractivity contribution in [1.82, 2.24) is 10.3 Å². The molecule has 0 spiro atoms. The van der Waals surface area contributed by atoms with Crippen molar-refractivity contribution in [3.63, 3.8) is 0 Å². The van der Waals surface area contributed by atoms with Crippen LogP contribution in [0.2, 0.25) is 15.2 Å². The van der Waals surface area contributed by atoms with Gasteiger partial charge < -0.3 is 10.6 Å². The van der Waals surface area contributed by atoms with Gasteiger partial charge in [0, 0.05) is 17.6 Å². The Bertz CT molecular complexity index is 759. The monoisotopic (exact) mass is 411 g/mol. The van der Waals surface area contributed by atoms with E-state index in [1.807, 2.05) is 6.07 Å². The van der Waals surface area contributed by atoms with Gasteiger partial charge in [0.2, 0.25) is 0 Å². The molecule has 1 heterocycles. The van der Waals surface area contributed by atoms with Gasteiger partial charge in [0.15, 0.2) is 0 Å². The van der Waals surface area contributed by atoms with E-state index in [4.69, 9.17) is 34.8 Å². The third-order valence-corrected chi connectivity index (χ3v) is 5.47. The molecule has 4 nitrogen and oxygen atoms in total. The Kier molecular flexibility index (Phi) is 6.63. The predicted octanol–water partition coefficient (Wildman–Crippen LogP) is 5.44. The summed E-state index contributed by atoms with van der Waals surface area (Å²) in [5.74, 6) is 0.417. The number of halogens is 3. The van der Waals surface area contributed by atoms with E-state index in [0.29, 0.717) is 26.7 Å². The molecule has 1 saturated carbocycles. The summed E-state index contributed by atoms with van der Waals surface area (Å²) >= 11 is 17.9. The molecule has 26 heavy (non-hydrogen) atoms. The lowest BCUT2D eigenvalue weighted by atomic mass is 9.86. The third-order valence-electron chi connectivity index (χ3n) is 4.68. The van der Waals surface area contributed by atoms with Gasteiger partial charge in [-0.25, -0.2) is 4.98 Å². The highest BCUT2D eigenvalue weighted by Gasteiger charge is 2.23. The molecule has 1 amide bonds. The van der Waals surface area contributed by atoms with Crippen molar-refractivity contribution in [2.24, 2.45) is 5.92 Å². The maximum absolute atomic E-state index is 12.4. The van der Waals surface area contributed by atoms with Crippen LogP contribution in [0.15, 0.2) is 36.5 Å². The van der Waals surface area contributed by atoms with Crippen molar-refractivity contribution in [1.29, 1.82) is 0 Å². The first-order chi connectivity index (χ1) is 12.5. The van der Waals surface area contributed by atoms with Crippen LogP contribution in [-0.2, 0) is 0 Å². The van der Waals surface area contributed by atoms with Crippen LogP contribution in [0.4, 0.5) is 5.69 Å². The zero-order valence-electron chi connectivity index (χ0n) is 14.1. The molecule has 3 rings (SSSR count). The number of anilines is 1. The number of rotatable bonds is 5. The minimum atomic E-state index is -0.161. The topological polar surface area (TPSA) is 54.0 Å². The smallest absolute Gasteiger partial charge is 0.253 e. The first-order valence-corrected chi connectivity index (χ1v) is 9.76. The van der Waals surface area contributed by atoms with E-state index < -0.39 is 0 Å². The largest absolute Gasteiger partial charge is 0.384 e. The number of amides is 1. The summed E-state index contributed by atoms with van der Waals surface area (Å²) < 4.78 is 0. The first kappa shape index (κ1) is 19.3. The van der Waals surface area contributed by atoms with Crippen molar-refractivity contribution in [2.45, 2.75) is 31.7 Å². The Hall–Kier alpha value is -1.49. The van der Waals surface area contributed by atoms with E-state index in [2.05, 4.69) is 15.6 Å². The second-order valence-electron chi connectivity index (χ2n) is 6.57. The summed E-state index contributed by atoms with van der Waals surface area (Å²) in [5, 5.41) is 7.89. The van der Waals surface area contributed by atoms with Crippen LogP contribution in [0.3, 0.4) is 0 Å². The Morgan fingerprint density at radius 3 is 2.54 bits per heavy atom. The van der Waals surface area contributed by atoms with Crippen LogP contribution in [-0.4, -0.2) is 23.5 Å². The predicted molar refractivity (Wildman–Crippen MR) is 107 cm³/mol. The third kappa shape index (κ3) is 5.26. The Morgan fingerprint density at radius 1 is 1.08 bits per heavy atom. The molecule has 2 aromatic rings. The molecule has 1 aromatic heterocycles. The highest BCUT2D eigenvalue weighted by Crippen LogP contribution is 2.26. The normalized spacial score (nSPS) is 19.8. The summed E-state index contributed by atoms with van der Waals surface area (Å²) in [6, 6.07) is 8.80. The molecule has 2 N–H and O–H groups in total. The van der Waals surface area contributed by atoms with Crippen molar-refractivity contribution < 1.29 is 4.79 Å². The molecule has 7 heteroatoms. The summed E-state index contributed by atoms with van der Waals surface area (Å²) in [6.07, 6.45) is 5.76. The number of carbonyl (C=O) groups is 1. The average molecular weight is 413 g/mol. The minimum Gasteiger partial charge on any atom is -0.384 e. The number of aromatic nitrogens is 1. The van der Waals surface area contributed by atoms with Crippen LogP contribution in [0.25, 0.3) is 0 Å². The van der Waals surface area contributed by atoms with Crippen LogP contribution in [0.5, 0.6) is 0 Å². The quantitative estimate of drug-likeness (QED) is 0.643. The molecule has 0 radical (unpaired) electrons. The SMILES string of the molecule is O=C(NC1CCC(CNc2ccc(Cl)nc2)CC1)c1cc(Cl)ccc1Cl. The second-order valence-corrected chi connectivity index (χ2v) is 7.80. The molecule has 0 saturated heterocycles. The minimum absolute atomic E-state index is 0.161. The highest BCUT2D eigenvalue weighted by molar-refractivity contribution is 6.35. The molecule has 1 aliphatic rings. The summed E-state index contributed by atoms with van der Waals surface area (Å²) in [6.45, 7) is 0.893. The van der Waals surface area contributed by atoms with Gasteiger partial charge in [-0.3, -0.25) is 4.79 Å². The number of nitrogens with one attached hydrogen (secondary N) is 2. The van der Waals surface area contributed by atoms with E-state index in [-0.39, 0.29) is 11.9 Å². The zero-order valence-corrected chi connectivity index (χ0v) is 16.4. The number of pyridine rings is 1. The standard InChI is InChI=1S/C19H20Cl3N3O/c20-13-3-7-17(21)16(9-13)19(26)25-14-4-1-12(2-5-14)10-23-15-6-8-18(22)24-11-15/h3,6-9,11-12,14,23H,1-2,4-5,10H2,(H,25,26). The van der Waals surface area contributed by atoms with Crippen molar-refractivity contribution in [3.05, 3.63) is 57.3 Å². The lowest BCUT2D eigenvalue weighted by molar-refractivity contribution is 0.0923. The Morgan fingerprint density at radius 2 is 1.85 bits per heavy atom. The van der Waals surface area contributed by atoms with Gasteiger partial charge in [0.05, 0.1) is 22.5 Å². The number of hydrogen-bond acceptors (Lipinski definition) is 3. The van der Waals surface area contributed by atoms with Gasteiger partial charge >= 0.3 is 0 Å². The summed E-state index contributed by atoms with van der Waals surface area (Å²) in [4.78, 5) is 16.5. The maximum Gasteiger partial charge on any atom is 0.253 e. The molecule has 1 aliphatic carbocycles. The molecular weight excluding hydrogens is 393 g/mol. The zero-order chi connectivity index (χ0) is 18.5. The fourth-order valence-corrected chi connectivity index (χ4v) is 3.68. The fraction of sp³-hybridized carbons (Fsp3) is 0.368. The summed E-state index contributed by atoms with van der Waals surface area (Å²) in [5.41, 5.74) is 1.40. The Balaban J connectivity index is 1.45. The van der Waals surface area contributed by atoms with Gasteiger partial charge in [-0.1, -0.05) is 34.8 Å². The Labute approximate surface area is 168 Å². The van der Waals surface area contributed by atoms with Crippen LogP contribution >= 0.6 is 34.8 Å². The molecule has 1 aromatic carbocycles. The fourth-order valence-electron chi connectivity index (χ4n) is 3.19. The molecular formula is C19H20Cl3N3O. The molecule has 0 aliphatic heterocycles. The van der Waals surface area contributed by atoms with Gasteiger partial charge in [-0.2, -0.15) is 0 Å². The van der Waals surface area contributed by atoms with Gasteiger partial charge in [-0.05, 0) is 61.9 Å². The van der Waals surface area contributed by atoms with Gasteiger partial charge in [-0.15, -0.1) is 0 Å². The highest BCUT2D eigenvalue weighted by atomic mass is 35.5. The van der Waals surface area contributed by atoms with Crippen LogP contribution in [0.1, 0.15) is 36.0 Å². The van der Waals surface area contributed by atoms with Crippen LogP contribution in [0, 0.1) is 5.92 Å². The number of hydrogen-bond donors (Lipinski definition) is 2. The lowest BCUT2D eigenvalue weighted by Crippen LogP contribution is -2.38. The molecule has 0 bridgehead atoms. The van der Waals surface area contributed by atoms with Gasteiger partial charge in [0.25, 0.3) is 5.91 Å². The van der Waals surface area contributed by atoms with E-state index in [1.54, 1.807) is 30.5 Å². The van der Waals surface area contributed by atoms with Crippen molar-refractivity contribution in [2.75, 3.05) is 11.9 Å². The van der Waals surface area contributed by atoms with Gasteiger partial charge in [0.1, 0.15) is 5.15 Å². The average Bonchev–Trinajstić information content (AvgIpc) is 2.64. The molecule has 138 valence electrons. The second kappa shape index (κ2) is 8.94. The maximum atomic E-state index is 12.4. The van der Waals surface area contributed by atoms with Crippen molar-refractivity contribution >= 4 is 46.4 Å². The van der Waals surface area contributed by atoms with E-state index in [0.717, 1.165) is 37.9 Å². The van der Waals surface area contributed by atoms with E-state index >= 15 is 0 Å². The number of nitrogens with zero attached hydrogens (tertiary/aromatic N) is 1. The first-order valence-electron chi connectivity index (χ1n) is 8.62. The van der Waals surface area contributed by atoms with E-state index in [9.17, 15) is 4.79 Å². The summed E-state index contributed by atoms with van der Waals surface area (Å²) in [7, 11) is 0. The lowest BCUT2D eigenvalue weighted by Gasteiger charge is -2.29. The number of benzene rings is 1.